The highest BCUT2D eigenvalue weighted by atomic mass is 19.1. The van der Waals surface area contributed by atoms with Crippen LogP contribution in [0.3, 0.4) is 0 Å². The molecule has 2 N–H and O–H groups in total. The molecule has 1 aromatic heterocycles. The van der Waals surface area contributed by atoms with Gasteiger partial charge in [0.05, 0.1) is 5.92 Å². The van der Waals surface area contributed by atoms with E-state index in [9.17, 15) is 9.90 Å². The number of halogens is 1. The van der Waals surface area contributed by atoms with E-state index in [-0.39, 0.29) is 30.6 Å². The van der Waals surface area contributed by atoms with Gasteiger partial charge in [0.25, 0.3) is 0 Å². The minimum Gasteiger partial charge on any atom is -0.473 e. The molecule has 1 fully saturated rings. The minimum absolute atomic E-state index is 0.175. The van der Waals surface area contributed by atoms with Gasteiger partial charge in [-0.05, 0) is 41.2 Å². The van der Waals surface area contributed by atoms with Crippen molar-refractivity contribution >= 4 is 5.91 Å². The molecule has 38 heavy (non-hydrogen) atoms. The summed E-state index contributed by atoms with van der Waals surface area (Å²) in [5.74, 6) is -1.13. The van der Waals surface area contributed by atoms with Crippen LogP contribution in [0.25, 0.3) is 11.1 Å². The Bertz CT molecular complexity index is 1380. The van der Waals surface area contributed by atoms with Crippen molar-refractivity contribution in [1.29, 1.82) is 0 Å². The summed E-state index contributed by atoms with van der Waals surface area (Å²) in [5, 5.41) is 12.5. The van der Waals surface area contributed by atoms with E-state index in [0.717, 1.165) is 11.1 Å². The molecule has 194 valence electrons. The number of pyridine rings is 1. The van der Waals surface area contributed by atoms with Crippen molar-refractivity contribution in [3.63, 3.8) is 0 Å². The second kappa shape index (κ2) is 11.9. The second-order valence-electron chi connectivity index (χ2n) is 9.29. The first kappa shape index (κ1) is 25.4. The molecule has 3 aromatic carbocycles. The molecule has 2 atom stereocenters. The number of aliphatic hydroxyl groups excluding tert-OH is 1. The van der Waals surface area contributed by atoms with Crippen LogP contribution >= 0.6 is 0 Å². The Kier molecular flexibility index (Phi) is 7.95. The van der Waals surface area contributed by atoms with Crippen LogP contribution in [0.5, 0.6) is 11.8 Å². The second-order valence-corrected chi connectivity index (χ2v) is 9.29. The lowest BCUT2D eigenvalue weighted by molar-refractivity contribution is -0.126. The molecule has 1 saturated heterocycles. The lowest BCUT2D eigenvalue weighted by Crippen LogP contribution is -2.42. The van der Waals surface area contributed by atoms with Crippen LogP contribution in [0, 0.1) is 11.7 Å². The molecular weight excluding hydrogens is 483 g/mol. The zero-order valence-electron chi connectivity index (χ0n) is 20.8. The molecule has 1 aliphatic rings. The molecule has 2 unspecified atom stereocenters. The highest BCUT2D eigenvalue weighted by Crippen LogP contribution is 2.36. The van der Waals surface area contributed by atoms with Crippen molar-refractivity contribution in [2.45, 2.75) is 25.6 Å². The summed E-state index contributed by atoms with van der Waals surface area (Å²) in [5.41, 5.74) is 3.41. The summed E-state index contributed by atoms with van der Waals surface area (Å²) in [6, 6.07) is 27.8. The van der Waals surface area contributed by atoms with E-state index in [1.165, 1.54) is 6.07 Å². The van der Waals surface area contributed by atoms with Crippen LogP contribution in [0.4, 0.5) is 4.39 Å². The van der Waals surface area contributed by atoms with Crippen LogP contribution < -0.4 is 14.8 Å². The van der Waals surface area contributed by atoms with Gasteiger partial charge in [0.15, 0.2) is 0 Å². The topological polar surface area (TPSA) is 80.7 Å². The number of amides is 1. The van der Waals surface area contributed by atoms with E-state index >= 15 is 4.39 Å². The van der Waals surface area contributed by atoms with Gasteiger partial charge in [-0.15, -0.1) is 0 Å². The summed E-state index contributed by atoms with van der Waals surface area (Å²) in [6.45, 7) is 0.936. The van der Waals surface area contributed by atoms with E-state index in [0.29, 0.717) is 42.5 Å². The predicted molar refractivity (Wildman–Crippen MR) is 142 cm³/mol. The maximum atomic E-state index is 15.4. The summed E-state index contributed by atoms with van der Waals surface area (Å²) < 4.78 is 27.4. The van der Waals surface area contributed by atoms with Gasteiger partial charge < -0.3 is 19.9 Å². The summed E-state index contributed by atoms with van der Waals surface area (Å²) in [4.78, 5) is 17.1. The van der Waals surface area contributed by atoms with E-state index in [1.54, 1.807) is 24.3 Å². The van der Waals surface area contributed by atoms with Gasteiger partial charge in [-0.3, -0.25) is 4.79 Å². The molecule has 5 rings (SSSR count). The van der Waals surface area contributed by atoms with E-state index in [4.69, 9.17) is 9.47 Å². The van der Waals surface area contributed by atoms with E-state index in [2.05, 4.69) is 10.3 Å². The Balaban J connectivity index is 1.44. The third-order valence-corrected chi connectivity index (χ3v) is 6.73. The zero-order chi connectivity index (χ0) is 26.3. The number of rotatable bonds is 9. The number of ether oxygens (including phenoxy) is 2. The third kappa shape index (κ3) is 5.84. The lowest BCUT2D eigenvalue weighted by atomic mass is 9.80. The minimum atomic E-state index is -0.733. The molecule has 0 spiro atoms. The molecule has 7 heteroatoms. The standard InChI is InChI=1S/C31H29FN2O4/c32-27-17-23(11-12-26(27)29-24(18-35)15-16-33-30(29)36)25-13-14-28(37-19-21-7-3-1-4-8-21)34-31(25)38-20-22-9-5-2-6-10-22/h1-14,17,24,29,35H,15-16,18-20H2,(H,33,36). The van der Waals surface area contributed by atoms with Crippen LogP contribution in [-0.4, -0.2) is 29.1 Å². The Labute approximate surface area is 221 Å². The number of hydrogen-bond acceptors (Lipinski definition) is 5. The third-order valence-electron chi connectivity index (χ3n) is 6.73. The molecule has 0 bridgehead atoms. The van der Waals surface area contributed by atoms with Gasteiger partial charge in [0, 0.05) is 30.3 Å². The molecule has 1 amide bonds. The lowest BCUT2D eigenvalue weighted by Gasteiger charge is -2.30. The highest BCUT2D eigenvalue weighted by molar-refractivity contribution is 5.85. The Morgan fingerprint density at radius 1 is 0.895 bits per heavy atom. The van der Waals surface area contributed by atoms with Gasteiger partial charge in [0.1, 0.15) is 19.0 Å². The van der Waals surface area contributed by atoms with Gasteiger partial charge in [0.2, 0.25) is 17.7 Å². The number of carbonyl (C=O) groups is 1. The maximum Gasteiger partial charge on any atom is 0.228 e. The van der Waals surface area contributed by atoms with Crippen LogP contribution in [-0.2, 0) is 18.0 Å². The highest BCUT2D eigenvalue weighted by Gasteiger charge is 2.34. The normalized spacial score (nSPS) is 17.1. The number of hydrogen-bond donors (Lipinski definition) is 2. The molecule has 4 aromatic rings. The first-order valence-corrected chi connectivity index (χ1v) is 12.7. The maximum absolute atomic E-state index is 15.4. The van der Waals surface area contributed by atoms with Crippen molar-refractivity contribution in [3.05, 3.63) is 114 Å². The van der Waals surface area contributed by atoms with Crippen LogP contribution in [0.2, 0.25) is 0 Å². The Hall–Kier alpha value is -4.23. The van der Waals surface area contributed by atoms with Crippen molar-refractivity contribution in [2.24, 2.45) is 5.92 Å². The molecule has 6 nitrogen and oxygen atoms in total. The van der Waals surface area contributed by atoms with E-state index in [1.807, 2.05) is 60.7 Å². The van der Waals surface area contributed by atoms with Crippen LogP contribution in [0.15, 0.2) is 91.0 Å². The molecular formula is C31H29FN2O4. The van der Waals surface area contributed by atoms with Crippen molar-refractivity contribution in [1.82, 2.24) is 10.3 Å². The molecule has 0 radical (unpaired) electrons. The molecule has 1 aliphatic heterocycles. The smallest absolute Gasteiger partial charge is 0.228 e. The number of benzene rings is 3. The first-order chi connectivity index (χ1) is 18.6. The largest absolute Gasteiger partial charge is 0.473 e. The van der Waals surface area contributed by atoms with Gasteiger partial charge >= 0.3 is 0 Å². The average molecular weight is 513 g/mol. The molecule has 2 heterocycles. The summed E-state index contributed by atoms with van der Waals surface area (Å²) in [7, 11) is 0. The van der Waals surface area contributed by atoms with Crippen molar-refractivity contribution in [3.8, 4) is 22.9 Å². The number of piperidine rings is 1. The van der Waals surface area contributed by atoms with Gasteiger partial charge in [-0.1, -0.05) is 72.8 Å². The fourth-order valence-electron chi connectivity index (χ4n) is 4.70. The predicted octanol–water partition coefficient (Wildman–Crippen LogP) is 5.26. The van der Waals surface area contributed by atoms with Crippen molar-refractivity contribution in [2.75, 3.05) is 13.2 Å². The summed E-state index contributed by atoms with van der Waals surface area (Å²) >= 11 is 0. The molecule has 0 aliphatic carbocycles. The van der Waals surface area contributed by atoms with Crippen LogP contribution in [0.1, 0.15) is 29.0 Å². The van der Waals surface area contributed by atoms with Gasteiger partial charge in [-0.25, -0.2) is 4.39 Å². The quantitative estimate of drug-likeness (QED) is 0.320. The number of aromatic nitrogens is 1. The molecule has 0 saturated carbocycles. The monoisotopic (exact) mass is 512 g/mol. The van der Waals surface area contributed by atoms with E-state index < -0.39 is 11.7 Å². The number of nitrogens with one attached hydrogen (secondary N) is 1. The fourth-order valence-corrected chi connectivity index (χ4v) is 4.70. The number of nitrogens with zero attached hydrogens (tertiary/aromatic N) is 1. The first-order valence-electron chi connectivity index (χ1n) is 12.7. The number of aliphatic hydroxyl groups is 1. The number of carbonyl (C=O) groups excluding carboxylic acids is 1. The SMILES string of the molecule is O=C1NCCC(CO)C1c1ccc(-c2ccc(OCc3ccccc3)nc2OCc2ccccc2)cc1F. The summed E-state index contributed by atoms with van der Waals surface area (Å²) in [6.07, 6.45) is 0.597. The van der Waals surface area contributed by atoms with Crippen molar-refractivity contribution < 1.29 is 23.8 Å². The Morgan fingerprint density at radius 2 is 1.58 bits per heavy atom. The average Bonchev–Trinajstić information content (AvgIpc) is 2.96. The van der Waals surface area contributed by atoms with Gasteiger partial charge in [-0.2, -0.15) is 4.98 Å². The Morgan fingerprint density at radius 3 is 2.24 bits per heavy atom. The zero-order valence-corrected chi connectivity index (χ0v) is 20.8. The fraction of sp³-hybridized carbons (Fsp3) is 0.226.